The fourth-order valence-electron chi connectivity index (χ4n) is 4.19. The summed E-state index contributed by atoms with van der Waals surface area (Å²) >= 11 is 0. The van der Waals surface area contributed by atoms with Crippen molar-refractivity contribution in [2.45, 2.75) is 38.1 Å². The van der Waals surface area contributed by atoms with Gasteiger partial charge in [0.1, 0.15) is 0 Å². The Morgan fingerprint density at radius 3 is 2.64 bits per heavy atom. The molecule has 140 valence electrons. The molecule has 0 saturated carbocycles. The van der Waals surface area contributed by atoms with E-state index in [0.29, 0.717) is 18.0 Å². The first-order valence-electron chi connectivity index (χ1n) is 9.99. The van der Waals surface area contributed by atoms with Crippen molar-refractivity contribution in [3.8, 4) is 6.07 Å². The van der Waals surface area contributed by atoms with Crippen LogP contribution in [0, 0.1) is 11.3 Å². The molecule has 1 amide bonds. The highest BCUT2D eigenvalue weighted by atomic mass is 16.2. The number of rotatable bonds is 5. The van der Waals surface area contributed by atoms with E-state index in [0.717, 1.165) is 48.6 Å². The van der Waals surface area contributed by atoms with Crippen LogP contribution in [0.4, 0.5) is 0 Å². The lowest BCUT2D eigenvalue weighted by Crippen LogP contribution is -2.36. The van der Waals surface area contributed by atoms with Gasteiger partial charge in [0.05, 0.1) is 18.1 Å². The van der Waals surface area contributed by atoms with E-state index in [1.165, 1.54) is 5.56 Å². The average Bonchev–Trinajstić information content (AvgIpc) is 3.21. The first kappa shape index (κ1) is 18.3. The highest BCUT2D eigenvalue weighted by molar-refractivity contribution is 5.84. The number of carbonyl (C=O) groups is 1. The normalized spacial score (nSPS) is 16.2. The van der Waals surface area contributed by atoms with Gasteiger partial charge in [-0.1, -0.05) is 54.6 Å². The van der Waals surface area contributed by atoms with E-state index in [1.54, 1.807) is 0 Å². The molecule has 1 aliphatic rings. The Morgan fingerprint density at radius 2 is 1.82 bits per heavy atom. The molecule has 1 atom stereocenters. The number of aryl methyl sites for hydroxylation is 1. The summed E-state index contributed by atoms with van der Waals surface area (Å²) in [6.45, 7) is 0.875. The third kappa shape index (κ3) is 4.07. The highest BCUT2D eigenvalue weighted by Gasteiger charge is 2.28. The number of carbonyl (C=O) groups excluding carboxylic acids is 1. The maximum atomic E-state index is 12.8. The Balaban J connectivity index is 1.41. The Labute approximate surface area is 166 Å². The standard InChI is InChI=1S/C25H24N2O/c26-18-21-9-12-22-11-8-20(15-23(22)16-21)10-13-24-7-4-14-27(24)25(28)17-19-5-2-1-3-6-19/h1-3,5-6,8-9,11-12,15-16,24H,4,7,10,13-14,17H2. The lowest BCUT2D eigenvalue weighted by Gasteiger charge is -2.25. The molecule has 4 rings (SSSR count). The van der Waals surface area contributed by atoms with Crippen LogP contribution in [-0.2, 0) is 17.6 Å². The van der Waals surface area contributed by atoms with E-state index in [2.05, 4.69) is 29.2 Å². The van der Waals surface area contributed by atoms with Crippen molar-refractivity contribution in [3.05, 3.63) is 83.4 Å². The van der Waals surface area contributed by atoms with E-state index in [1.807, 2.05) is 48.5 Å². The number of hydrogen-bond donors (Lipinski definition) is 0. The molecule has 1 aliphatic heterocycles. The summed E-state index contributed by atoms with van der Waals surface area (Å²) in [6, 6.07) is 24.8. The summed E-state index contributed by atoms with van der Waals surface area (Å²) in [6.07, 6.45) is 4.61. The fourth-order valence-corrected chi connectivity index (χ4v) is 4.19. The Hall–Kier alpha value is -3.12. The molecule has 0 aromatic heterocycles. The van der Waals surface area contributed by atoms with E-state index in [-0.39, 0.29) is 5.91 Å². The van der Waals surface area contributed by atoms with Gasteiger partial charge in [-0.15, -0.1) is 0 Å². The second kappa shape index (κ2) is 8.27. The van der Waals surface area contributed by atoms with Gasteiger partial charge in [0.2, 0.25) is 5.91 Å². The van der Waals surface area contributed by atoms with Crippen molar-refractivity contribution in [2.24, 2.45) is 0 Å². The zero-order valence-electron chi connectivity index (χ0n) is 16.0. The lowest BCUT2D eigenvalue weighted by atomic mass is 9.99. The molecule has 3 nitrogen and oxygen atoms in total. The van der Waals surface area contributed by atoms with E-state index >= 15 is 0 Å². The van der Waals surface area contributed by atoms with Crippen molar-refractivity contribution in [2.75, 3.05) is 6.54 Å². The molecular weight excluding hydrogens is 344 g/mol. The Kier molecular flexibility index (Phi) is 5.39. The third-order valence-electron chi connectivity index (χ3n) is 5.70. The summed E-state index contributed by atoms with van der Waals surface area (Å²) in [4.78, 5) is 14.9. The monoisotopic (exact) mass is 368 g/mol. The maximum Gasteiger partial charge on any atom is 0.227 e. The molecule has 28 heavy (non-hydrogen) atoms. The zero-order chi connectivity index (χ0) is 19.3. The molecule has 3 aromatic rings. The van der Waals surface area contributed by atoms with Crippen molar-refractivity contribution < 1.29 is 4.79 Å². The van der Waals surface area contributed by atoms with Crippen LogP contribution in [-0.4, -0.2) is 23.4 Å². The summed E-state index contributed by atoms with van der Waals surface area (Å²) in [5.74, 6) is 0.242. The summed E-state index contributed by atoms with van der Waals surface area (Å²) < 4.78 is 0. The number of nitriles is 1. The van der Waals surface area contributed by atoms with Gasteiger partial charge in [0.15, 0.2) is 0 Å². The average molecular weight is 368 g/mol. The van der Waals surface area contributed by atoms with E-state index < -0.39 is 0 Å². The van der Waals surface area contributed by atoms with Crippen LogP contribution < -0.4 is 0 Å². The number of likely N-dealkylation sites (tertiary alicyclic amines) is 1. The van der Waals surface area contributed by atoms with Crippen molar-refractivity contribution >= 4 is 16.7 Å². The molecule has 0 aliphatic carbocycles. The van der Waals surface area contributed by atoms with Crippen LogP contribution in [0.25, 0.3) is 10.8 Å². The highest BCUT2D eigenvalue weighted by Crippen LogP contribution is 2.24. The number of fused-ring (bicyclic) bond motifs is 1. The molecule has 1 fully saturated rings. The van der Waals surface area contributed by atoms with Crippen LogP contribution in [0.3, 0.4) is 0 Å². The molecule has 1 heterocycles. The zero-order valence-corrected chi connectivity index (χ0v) is 16.0. The smallest absolute Gasteiger partial charge is 0.227 e. The van der Waals surface area contributed by atoms with Gasteiger partial charge >= 0.3 is 0 Å². The second-order valence-electron chi connectivity index (χ2n) is 7.59. The second-order valence-corrected chi connectivity index (χ2v) is 7.59. The molecule has 1 unspecified atom stereocenters. The first-order valence-corrected chi connectivity index (χ1v) is 9.99. The van der Waals surface area contributed by atoms with Crippen LogP contribution >= 0.6 is 0 Å². The van der Waals surface area contributed by atoms with Gasteiger partial charge in [0, 0.05) is 12.6 Å². The predicted octanol–water partition coefficient (Wildman–Crippen LogP) is 4.88. The van der Waals surface area contributed by atoms with Crippen LogP contribution in [0.2, 0.25) is 0 Å². The SMILES string of the molecule is N#Cc1ccc2ccc(CCC3CCCN3C(=O)Cc3ccccc3)cc2c1. The van der Waals surface area contributed by atoms with Gasteiger partial charge in [0.25, 0.3) is 0 Å². The number of nitrogens with zero attached hydrogens (tertiary/aromatic N) is 2. The van der Waals surface area contributed by atoms with Crippen molar-refractivity contribution in [1.82, 2.24) is 4.90 Å². The number of amides is 1. The predicted molar refractivity (Wildman–Crippen MR) is 112 cm³/mol. The summed E-state index contributed by atoms with van der Waals surface area (Å²) in [5, 5.41) is 11.4. The van der Waals surface area contributed by atoms with Crippen molar-refractivity contribution in [1.29, 1.82) is 5.26 Å². The van der Waals surface area contributed by atoms with Crippen LogP contribution in [0.5, 0.6) is 0 Å². The topological polar surface area (TPSA) is 44.1 Å². The van der Waals surface area contributed by atoms with Crippen LogP contribution in [0.15, 0.2) is 66.7 Å². The van der Waals surface area contributed by atoms with Crippen LogP contribution in [0.1, 0.15) is 36.0 Å². The minimum absolute atomic E-state index is 0.242. The van der Waals surface area contributed by atoms with E-state index in [4.69, 9.17) is 5.26 Å². The fraction of sp³-hybridized carbons (Fsp3) is 0.280. The van der Waals surface area contributed by atoms with Gasteiger partial charge in [-0.2, -0.15) is 5.26 Å². The Morgan fingerprint density at radius 1 is 1.00 bits per heavy atom. The largest absolute Gasteiger partial charge is 0.339 e. The number of benzene rings is 3. The minimum Gasteiger partial charge on any atom is -0.339 e. The molecule has 3 aromatic carbocycles. The van der Waals surface area contributed by atoms with Gasteiger partial charge in [-0.3, -0.25) is 4.79 Å². The maximum absolute atomic E-state index is 12.8. The molecular formula is C25H24N2O. The quantitative estimate of drug-likeness (QED) is 0.644. The molecule has 0 N–H and O–H groups in total. The van der Waals surface area contributed by atoms with Gasteiger partial charge in [-0.05, 0) is 59.7 Å². The Bertz CT molecular complexity index is 1020. The molecule has 1 saturated heterocycles. The first-order chi connectivity index (χ1) is 13.7. The van der Waals surface area contributed by atoms with Gasteiger partial charge < -0.3 is 4.90 Å². The summed E-state index contributed by atoms with van der Waals surface area (Å²) in [7, 11) is 0. The minimum atomic E-state index is 0.242. The van der Waals surface area contributed by atoms with Gasteiger partial charge in [-0.25, -0.2) is 0 Å². The van der Waals surface area contributed by atoms with Crippen molar-refractivity contribution in [3.63, 3.8) is 0 Å². The lowest BCUT2D eigenvalue weighted by molar-refractivity contribution is -0.131. The molecule has 0 radical (unpaired) electrons. The third-order valence-corrected chi connectivity index (χ3v) is 5.70. The summed E-state index contributed by atoms with van der Waals surface area (Å²) in [5.41, 5.74) is 3.05. The number of hydrogen-bond acceptors (Lipinski definition) is 2. The van der Waals surface area contributed by atoms with E-state index in [9.17, 15) is 4.79 Å². The molecule has 0 spiro atoms. The molecule has 3 heteroatoms. The molecule has 0 bridgehead atoms.